The van der Waals surface area contributed by atoms with Gasteiger partial charge >= 0.3 is 0 Å². The maximum atomic E-state index is 11.6. The van der Waals surface area contributed by atoms with Crippen molar-refractivity contribution in [1.29, 1.82) is 0 Å². The van der Waals surface area contributed by atoms with Gasteiger partial charge in [0.1, 0.15) is 9.71 Å². The fourth-order valence-electron chi connectivity index (χ4n) is 4.23. The molecule has 25 heavy (non-hydrogen) atoms. The van der Waals surface area contributed by atoms with Crippen molar-refractivity contribution in [3.8, 4) is 0 Å². The second-order valence-corrected chi connectivity index (χ2v) is 8.03. The molecule has 0 aliphatic carbocycles. The molecule has 0 atom stereocenters. The quantitative estimate of drug-likeness (QED) is 0.879. The van der Waals surface area contributed by atoms with E-state index in [0.717, 1.165) is 29.0 Å². The Hall–Kier alpha value is -1.86. The van der Waals surface area contributed by atoms with Gasteiger partial charge in [-0.1, -0.05) is 6.42 Å². The Bertz CT molecular complexity index is 775. The highest BCUT2D eigenvalue weighted by atomic mass is 32.1. The van der Waals surface area contributed by atoms with E-state index in [-0.39, 0.29) is 0 Å². The Morgan fingerprint density at radius 3 is 2.56 bits per heavy atom. The minimum atomic E-state index is -0.477. The van der Waals surface area contributed by atoms with Gasteiger partial charge in [-0.15, -0.1) is 11.3 Å². The number of amides is 1. The lowest BCUT2D eigenvalue weighted by atomic mass is 9.99. The number of carbonyl (C=O) groups is 1. The predicted molar refractivity (Wildman–Crippen MR) is 103 cm³/mol. The molecule has 0 saturated carbocycles. The number of fused-ring (bicyclic) bond motifs is 1. The van der Waals surface area contributed by atoms with E-state index in [1.165, 1.54) is 56.5 Å². The van der Waals surface area contributed by atoms with Gasteiger partial charge in [-0.05, 0) is 44.8 Å². The van der Waals surface area contributed by atoms with Crippen LogP contribution in [0.1, 0.15) is 41.8 Å². The first kappa shape index (κ1) is 16.6. The molecule has 0 spiro atoms. The summed E-state index contributed by atoms with van der Waals surface area (Å²) in [4.78, 5) is 22.3. The lowest BCUT2D eigenvalue weighted by molar-refractivity contribution is 0.100. The van der Waals surface area contributed by atoms with E-state index >= 15 is 0 Å². The van der Waals surface area contributed by atoms with Crippen LogP contribution in [0.15, 0.2) is 12.3 Å². The molecule has 0 unspecified atom stereocenters. The molecule has 2 saturated heterocycles. The van der Waals surface area contributed by atoms with E-state index < -0.39 is 5.91 Å². The number of nitrogens with zero attached hydrogens (tertiary/aromatic N) is 3. The number of thiophene rings is 1. The second-order valence-electron chi connectivity index (χ2n) is 7.03. The molecule has 0 bridgehead atoms. The number of pyridine rings is 1. The molecule has 7 heteroatoms. The van der Waals surface area contributed by atoms with Crippen LogP contribution in [0.3, 0.4) is 0 Å². The Labute approximate surface area is 151 Å². The van der Waals surface area contributed by atoms with Crippen molar-refractivity contribution in [3.05, 3.63) is 17.1 Å². The molecule has 2 aromatic rings. The lowest BCUT2D eigenvalue weighted by Crippen LogP contribution is -2.46. The van der Waals surface area contributed by atoms with Gasteiger partial charge in [-0.2, -0.15) is 0 Å². The highest BCUT2D eigenvalue weighted by Crippen LogP contribution is 2.39. The maximum absolute atomic E-state index is 11.6. The molecule has 1 amide bonds. The van der Waals surface area contributed by atoms with Crippen LogP contribution in [0.4, 0.5) is 11.4 Å². The van der Waals surface area contributed by atoms with E-state index in [4.69, 9.17) is 11.5 Å². The number of piperidine rings is 2. The Kier molecular flexibility index (Phi) is 4.52. The van der Waals surface area contributed by atoms with Crippen LogP contribution < -0.4 is 16.4 Å². The van der Waals surface area contributed by atoms with Crippen molar-refractivity contribution < 1.29 is 4.79 Å². The topological polar surface area (TPSA) is 88.5 Å². The highest BCUT2D eigenvalue weighted by Gasteiger charge is 2.27. The molecule has 2 aliphatic heterocycles. The number of aromatic nitrogens is 1. The van der Waals surface area contributed by atoms with E-state index in [1.807, 2.05) is 6.07 Å². The Balaban J connectivity index is 1.56. The van der Waals surface area contributed by atoms with Gasteiger partial charge in [-0.25, -0.2) is 4.98 Å². The van der Waals surface area contributed by atoms with Crippen LogP contribution in [-0.4, -0.2) is 48.0 Å². The van der Waals surface area contributed by atoms with Crippen molar-refractivity contribution in [2.24, 2.45) is 5.73 Å². The first-order chi connectivity index (χ1) is 12.1. The number of nitrogen functional groups attached to an aromatic ring is 1. The molecule has 0 aromatic carbocycles. The van der Waals surface area contributed by atoms with Crippen molar-refractivity contribution in [2.45, 2.75) is 38.1 Å². The summed E-state index contributed by atoms with van der Waals surface area (Å²) in [6.45, 7) is 4.54. The Morgan fingerprint density at radius 1 is 1.16 bits per heavy atom. The van der Waals surface area contributed by atoms with Gasteiger partial charge in [0.15, 0.2) is 0 Å². The molecule has 2 aliphatic rings. The smallest absolute Gasteiger partial charge is 0.260 e. The lowest BCUT2D eigenvalue weighted by Gasteiger charge is -2.41. The summed E-state index contributed by atoms with van der Waals surface area (Å²) in [5.41, 5.74) is 13.2. The molecule has 4 rings (SSSR count). The third-order valence-electron chi connectivity index (χ3n) is 5.54. The number of rotatable bonds is 3. The van der Waals surface area contributed by atoms with Gasteiger partial charge in [-0.3, -0.25) is 4.79 Å². The molecule has 6 nitrogen and oxygen atoms in total. The van der Waals surface area contributed by atoms with Crippen LogP contribution >= 0.6 is 11.3 Å². The number of likely N-dealkylation sites (tertiary alicyclic amines) is 1. The molecule has 4 N–H and O–H groups in total. The molecular formula is C18H25N5OS. The van der Waals surface area contributed by atoms with Crippen molar-refractivity contribution in [2.75, 3.05) is 36.8 Å². The number of anilines is 2. The van der Waals surface area contributed by atoms with Crippen LogP contribution in [0, 0.1) is 0 Å². The van der Waals surface area contributed by atoms with Crippen molar-refractivity contribution >= 4 is 38.8 Å². The molecule has 2 fully saturated rings. The Morgan fingerprint density at radius 2 is 1.88 bits per heavy atom. The number of carbonyl (C=O) groups excluding carboxylic acids is 1. The number of hydrogen-bond donors (Lipinski definition) is 2. The standard InChI is InChI=1S/C18H25N5OS/c19-15-14-13(4-7-21-18(14)25-16(15)17(20)24)23-10-5-12(6-11-23)22-8-2-1-3-9-22/h4,7,12H,1-3,5-6,8-11,19H2,(H2,20,24). The van der Waals surface area contributed by atoms with Crippen LogP contribution in [0.5, 0.6) is 0 Å². The summed E-state index contributed by atoms with van der Waals surface area (Å²) in [6, 6.07) is 2.71. The van der Waals surface area contributed by atoms with Crippen LogP contribution in [0.25, 0.3) is 10.2 Å². The zero-order valence-corrected chi connectivity index (χ0v) is 15.2. The summed E-state index contributed by atoms with van der Waals surface area (Å²) < 4.78 is 0. The predicted octanol–water partition coefficient (Wildman–Crippen LogP) is 2.43. The average molecular weight is 359 g/mol. The normalized spacial score (nSPS) is 20.2. The van der Waals surface area contributed by atoms with Gasteiger partial charge in [0.05, 0.1) is 16.8 Å². The van der Waals surface area contributed by atoms with Gasteiger partial charge in [0.25, 0.3) is 5.91 Å². The van der Waals surface area contributed by atoms with Crippen LogP contribution in [-0.2, 0) is 0 Å². The van der Waals surface area contributed by atoms with E-state index in [0.29, 0.717) is 16.6 Å². The number of primary amides is 1. The number of nitrogens with two attached hydrogens (primary N) is 2. The summed E-state index contributed by atoms with van der Waals surface area (Å²) in [6.07, 6.45) is 8.21. The highest BCUT2D eigenvalue weighted by molar-refractivity contribution is 7.21. The summed E-state index contributed by atoms with van der Waals surface area (Å²) in [7, 11) is 0. The minimum absolute atomic E-state index is 0.415. The SMILES string of the molecule is NC(=O)c1sc2nccc(N3CCC(N4CCCCC4)CC3)c2c1N. The van der Waals surface area contributed by atoms with Gasteiger partial charge in [0, 0.05) is 25.3 Å². The van der Waals surface area contributed by atoms with E-state index in [1.54, 1.807) is 6.20 Å². The largest absolute Gasteiger partial charge is 0.397 e. The summed E-state index contributed by atoms with van der Waals surface area (Å²) >= 11 is 1.29. The van der Waals surface area contributed by atoms with Gasteiger partial charge < -0.3 is 21.3 Å². The average Bonchev–Trinajstić information content (AvgIpc) is 3.00. The summed E-state index contributed by atoms with van der Waals surface area (Å²) in [5.74, 6) is -0.477. The van der Waals surface area contributed by atoms with Crippen molar-refractivity contribution in [3.63, 3.8) is 0 Å². The first-order valence-corrected chi connectivity index (χ1v) is 9.92. The molecule has 4 heterocycles. The van der Waals surface area contributed by atoms with E-state index in [2.05, 4.69) is 14.8 Å². The number of hydrogen-bond acceptors (Lipinski definition) is 6. The maximum Gasteiger partial charge on any atom is 0.260 e. The zero-order chi connectivity index (χ0) is 17.4. The monoisotopic (exact) mass is 359 g/mol. The first-order valence-electron chi connectivity index (χ1n) is 9.11. The fourth-order valence-corrected chi connectivity index (χ4v) is 5.17. The van der Waals surface area contributed by atoms with Crippen molar-refractivity contribution in [1.82, 2.24) is 9.88 Å². The molecular weight excluding hydrogens is 334 g/mol. The van der Waals surface area contributed by atoms with Gasteiger partial charge in [0.2, 0.25) is 0 Å². The summed E-state index contributed by atoms with van der Waals surface area (Å²) in [5, 5.41) is 0.887. The third-order valence-corrected chi connectivity index (χ3v) is 6.67. The van der Waals surface area contributed by atoms with E-state index in [9.17, 15) is 4.79 Å². The fraction of sp³-hybridized carbons (Fsp3) is 0.556. The van der Waals surface area contributed by atoms with Crippen LogP contribution in [0.2, 0.25) is 0 Å². The zero-order valence-electron chi connectivity index (χ0n) is 14.4. The third kappa shape index (κ3) is 3.06. The molecule has 134 valence electrons. The molecule has 0 radical (unpaired) electrons. The molecule has 2 aromatic heterocycles. The minimum Gasteiger partial charge on any atom is -0.397 e. The second kappa shape index (κ2) is 6.80.